The average molecular weight is 396 g/mol. The predicted octanol–water partition coefficient (Wildman–Crippen LogP) is 3.74. The summed E-state index contributed by atoms with van der Waals surface area (Å²) in [5.74, 6) is 1.88. The summed E-state index contributed by atoms with van der Waals surface area (Å²) in [5, 5.41) is 6.42. The lowest BCUT2D eigenvalue weighted by Crippen LogP contribution is -2.43. The standard InChI is InChI=1S/C23H29N3O3/c1-28-21-7-6-16(13-22(21)29-20-4-2-3-5-20)17-12-18(23(27)26-14-17)15-25-19-8-10-24-11-9-19/h6-11,13,17-18,20H,2-5,12,14-15H2,1H3,(H,24,25)(H,26,27)/t17-,18+/m1/s1. The Balaban J connectivity index is 1.44. The van der Waals surface area contributed by atoms with Crippen LogP contribution in [0.4, 0.5) is 5.69 Å². The highest BCUT2D eigenvalue weighted by molar-refractivity contribution is 5.80. The second-order valence-corrected chi connectivity index (χ2v) is 7.93. The third-order valence-corrected chi connectivity index (χ3v) is 5.95. The molecule has 2 aromatic rings. The average Bonchev–Trinajstić information content (AvgIpc) is 3.27. The van der Waals surface area contributed by atoms with E-state index in [-0.39, 0.29) is 23.8 Å². The van der Waals surface area contributed by atoms with Crippen LogP contribution in [0.5, 0.6) is 11.5 Å². The third kappa shape index (κ3) is 4.81. The normalized spacial score (nSPS) is 22.2. The van der Waals surface area contributed by atoms with Crippen LogP contribution in [0.1, 0.15) is 43.6 Å². The molecule has 4 rings (SSSR count). The van der Waals surface area contributed by atoms with E-state index in [1.807, 2.05) is 18.2 Å². The number of hydrogen-bond donors (Lipinski definition) is 2. The lowest BCUT2D eigenvalue weighted by atomic mass is 9.85. The van der Waals surface area contributed by atoms with Crippen molar-refractivity contribution in [2.45, 2.75) is 44.1 Å². The summed E-state index contributed by atoms with van der Waals surface area (Å²) in [6.45, 7) is 1.26. The molecule has 1 aromatic heterocycles. The highest BCUT2D eigenvalue weighted by atomic mass is 16.5. The number of rotatable bonds is 7. The Hall–Kier alpha value is -2.76. The van der Waals surface area contributed by atoms with Gasteiger partial charge in [-0.25, -0.2) is 0 Å². The van der Waals surface area contributed by atoms with E-state index in [0.717, 1.165) is 36.4 Å². The van der Waals surface area contributed by atoms with Gasteiger partial charge in [-0.15, -0.1) is 0 Å². The number of ether oxygens (including phenoxy) is 2. The van der Waals surface area contributed by atoms with Gasteiger partial charge in [0, 0.05) is 37.1 Å². The zero-order valence-corrected chi connectivity index (χ0v) is 16.9. The molecule has 1 aliphatic carbocycles. The molecule has 1 saturated carbocycles. The Bertz CT molecular complexity index is 821. The monoisotopic (exact) mass is 395 g/mol. The van der Waals surface area contributed by atoms with Crippen molar-refractivity contribution in [1.29, 1.82) is 0 Å². The maximum atomic E-state index is 12.4. The number of aromatic nitrogens is 1. The van der Waals surface area contributed by atoms with Crippen molar-refractivity contribution in [1.82, 2.24) is 10.3 Å². The molecule has 1 aliphatic heterocycles. The van der Waals surface area contributed by atoms with Crippen LogP contribution in [0.25, 0.3) is 0 Å². The zero-order valence-electron chi connectivity index (χ0n) is 16.9. The number of pyridine rings is 1. The highest BCUT2D eigenvalue weighted by Gasteiger charge is 2.30. The molecule has 2 atom stereocenters. The van der Waals surface area contributed by atoms with E-state index in [2.05, 4.69) is 27.8 Å². The second-order valence-electron chi connectivity index (χ2n) is 7.93. The SMILES string of the molecule is COc1ccc([C@H]2CNC(=O)[C@H](CNc3ccncc3)C2)cc1OC1CCCC1. The number of carbonyl (C=O) groups excluding carboxylic acids is 1. The molecule has 0 spiro atoms. The minimum atomic E-state index is -0.0804. The molecule has 0 radical (unpaired) electrons. The van der Waals surface area contributed by atoms with Crippen LogP contribution in [-0.2, 0) is 4.79 Å². The topological polar surface area (TPSA) is 72.5 Å². The van der Waals surface area contributed by atoms with Crippen molar-refractivity contribution in [2.75, 3.05) is 25.5 Å². The Labute approximate surface area is 172 Å². The lowest BCUT2D eigenvalue weighted by molar-refractivity contribution is -0.126. The Morgan fingerprint density at radius 1 is 1.14 bits per heavy atom. The summed E-state index contributed by atoms with van der Waals surface area (Å²) in [4.78, 5) is 16.4. The van der Waals surface area contributed by atoms with Gasteiger partial charge in [0.25, 0.3) is 0 Å². The van der Waals surface area contributed by atoms with E-state index < -0.39 is 0 Å². The summed E-state index contributed by atoms with van der Waals surface area (Å²) >= 11 is 0. The van der Waals surface area contributed by atoms with Gasteiger partial charge in [-0.3, -0.25) is 9.78 Å². The van der Waals surface area contributed by atoms with Crippen molar-refractivity contribution in [3.05, 3.63) is 48.3 Å². The van der Waals surface area contributed by atoms with Crippen molar-refractivity contribution in [2.24, 2.45) is 5.92 Å². The molecule has 29 heavy (non-hydrogen) atoms. The Morgan fingerprint density at radius 2 is 1.93 bits per heavy atom. The number of nitrogens with one attached hydrogen (secondary N) is 2. The molecular weight excluding hydrogens is 366 g/mol. The molecule has 154 valence electrons. The van der Waals surface area contributed by atoms with E-state index in [9.17, 15) is 4.79 Å². The molecule has 1 amide bonds. The van der Waals surface area contributed by atoms with Crippen molar-refractivity contribution in [3.8, 4) is 11.5 Å². The summed E-state index contributed by atoms with van der Waals surface area (Å²) < 4.78 is 11.8. The lowest BCUT2D eigenvalue weighted by Gasteiger charge is -2.30. The molecule has 1 aromatic carbocycles. The van der Waals surface area contributed by atoms with Crippen LogP contribution < -0.4 is 20.1 Å². The summed E-state index contributed by atoms with van der Waals surface area (Å²) in [5.41, 5.74) is 2.17. The molecule has 2 N–H and O–H groups in total. The fraction of sp³-hybridized carbons (Fsp3) is 0.478. The van der Waals surface area contributed by atoms with E-state index in [1.54, 1.807) is 19.5 Å². The zero-order chi connectivity index (χ0) is 20.1. The van der Waals surface area contributed by atoms with Gasteiger partial charge in [0.1, 0.15) is 0 Å². The minimum absolute atomic E-state index is 0.0804. The summed E-state index contributed by atoms with van der Waals surface area (Å²) in [7, 11) is 1.68. The van der Waals surface area contributed by atoms with Crippen LogP contribution >= 0.6 is 0 Å². The first-order chi connectivity index (χ1) is 14.2. The van der Waals surface area contributed by atoms with E-state index in [0.29, 0.717) is 13.1 Å². The van der Waals surface area contributed by atoms with Crippen LogP contribution in [0.15, 0.2) is 42.7 Å². The number of anilines is 1. The smallest absolute Gasteiger partial charge is 0.224 e. The Morgan fingerprint density at radius 3 is 2.69 bits per heavy atom. The number of piperidine rings is 1. The number of carbonyl (C=O) groups is 1. The number of benzene rings is 1. The molecule has 2 aliphatic rings. The highest BCUT2D eigenvalue weighted by Crippen LogP contribution is 2.36. The van der Waals surface area contributed by atoms with Crippen LogP contribution in [-0.4, -0.2) is 37.2 Å². The van der Waals surface area contributed by atoms with Gasteiger partial charge in [-0.05, 0) is 61.9 Å². The molecule has 2 heterocycles. The van der Waals surface area contributed by atoms with Crippen molar-refractivity contribution in [3.63, 3.8) is 0 Å². The van der Waals surface area contributed by atoms with Gasteiger partial charge in [-0.2, -0.15) is 0 Å². The largest absolute Gasteiger partial charge is 0.493 e. The van der Waals surface area contributed by atoms with Gasteiger partial charge in [0.05, 0.1) is 19.1 Å². The maximum absolute atomic E-state index is 12.4. The Kier molecular flexibility index (Phi) is 6.17. The van der Waals surface area contributed by atoms with Crippen molar-refractivity contribution < 1.29 is 14.3 Å². The van der Waals surface area contributed by atoms with E-state index in [4.69, 9.17) is 9.47 Å². The quantitative estimate of drug-likeness (QED) is 0.747. The number of hydrogen-bond acceptors (Lipinski definition) is 5. The van der Waals surface area contributed by atoms with Crippen LogP contribution in [0.2, 0.25) is 0 Å². The molecule has 2 fully saturated rings. The van der Waals surface area contributed by atoms with Crippen molar-refractivity contribution >= 4 is 11.6 Å². The van der Waals surface area contributed by atoms with Crippen LogP contribution in [0, 0.1) is 5.92 Å². The maximum Gasteiger partial charge on any atom is 0.224 e. The van der Waals surface area contributed by atoms with Crippen LogP contribution in [0.3, 0.4) is 0 Å². The molecular formula is C23H29N3O3. The van der Waals surface area contributed by atoms with E-state index in [1.165, 1.54) is 18.4 Å². The van der Waals surface area contributed by atoms with Gasteiger partial charge < -0.3 is 20.1 Å². The molecule has 6 nitrogen and oxygen atoms in total. The number of methoxy groups -OCH3 is 1. The first kappa shape index (κ1) is 19.6. The molecule has 0 unspecified atom stereocenters. The van der Waals surface area contributed by atoms with Gasteiger partial charge in [0.2, 0.25) is 5.91 Å². The first-order valence-electron chi connectivity index (χ1n) is 10.5. The number of amides is 1. The van der Waals surface area contributed by atoms with Gasteiger partial charge in [0.15, 0.2) is 11.5 Å². The molecule has 6 heteroatoms. The van der Waals surface area contributed by atoms with Gasteiger partial charge >= 0.3 is 0 Å². The number of nitrogens with zero attached hydrogens (tertiary/aromatic N) is 1. The fourth-order valence-electron chi connectivity index (χ4n) is 4.27. The molecule has 1 saturated heterocycles. The predicted molar refractivity (Wildman–Crippen MR) is 112 cm³/mol. The van der Waals surface area contributed by atoms with Gasteiger partial charge in [-0.1, -0.05) is 6.07 Å². The molecule has 0 bridgehead atoms. The third-order valence-electron chi connectivity index (χ3n) is 5.95. The summed E-state index contributed by atoms with van der Waals surface area (Å²) in [6.07, 6.45) is 9.25. The van der Waals surface area contributed by atoms with E-state index >= 15 is 0 Å². The first-order valence-corrected chi connectivity index (χ1v) is 10.5. The second kappa shape index (κ2) is 9.16. The minimum Gasteiger partial charge on any atom is -0.493 e. The summed E-state index contributed by atoms with van der Waals surface area (Å²) in [6, 6.07) is 10.0. The fourth-order valence-corrected chi connectivity index (χ4v) is 4.27.